The summed E-state index contributed by atoms with van der Waals surface area (Å²) in [5, 5.41) is 17.1. The fourth-order valence-corrected chi connectivity index (χ4v) is 2.53. The van der Waals surface area contributed by atoms with Crippen LogP contribution in [-0.2, 0) is 0 Å². The van der Waals surface area contributed by atoms with E-state index in [0.29, 0.717) is 5.69 Å². The Balaban J connectivity index is 1.64. The number of carbonyl (C=O) groups excluding carboxylic acids is 1. The quantitative estimate of drug-likeness (QED) is 0.751. The molecule has 0 radical (unpaired) electrons. The molecule has 0 spiro atoms. The molecule has 0 aliphatic rings. The molecule has 0 saturated carbocycles. The highest BCUT2D eigenvalue weighted by Gasteiger charge is 2.14. The summed E-state index contributed by atoms with van der Waals surface area (Å²) < 4.78 is 14.5. The lowest BCUT2D eigenvalue weighted by atomic mass is 10.0. The van der Waals surface area contributed by atoms with Crippen molar-refractivity contribution in [2.45, 2.75) is 13.0 Å². The van der Waals surface area contributed by atoms with Gasteiger partial charge in [-0.3, -0.25) is 4.79 Å². The van der Waals surface area contributed by atoms with Gasteiger partial charge in [0, 0.05) is 12.7 Å². The molecule has 6 heteroatoms. The molecule has 1 atom stereocenters. The Morgan fingerprint density at radius 3 is 2.64 bits per heavy atom. The van der Waals surface area contributed by atoms with Crippen LogP contribution in [0.4, 0.5) is 4.39 Å². The molecule has 3 rings (SSSR count). The van der Waals surface area contributed by atoms with Gasteiger partial charge in [-0.05, 0) is 48.4 Å². The SMILES string of the molecule is Cc1ccccc1C(O)CNC(=O)c1ccn(-c2ccc(F)cc2)n1. The van der Waals surface area contributed by atoms with E-state index in [-0.39, 0.29) is 24.0 Å². The molecule has 2 N–H and O–H groups in total. The molecule has 5 nitrogen and oxygen atoms in total. The number of amides is 1. The summed E-state index contributed by atoms with van der Waals surface area (Å²) in [6, 6.07) is 14.9. The third kappa shape index (κ3) is 3.92. The number of hydrogen-bond donors (Lipinski definition) is 2. The average molecular weight is 339 g/mol. The second kappa shape index (κ2) is 7.27. The Morgan fingerprint density at radius 2 is 1.92 bits per heavy atom. The lowest BCUT2D eigenvalue weighted by Gasteiger charge is -2.14. The number of carbonyl (C=O) groups is 1. The molecular weight excluding hydrogens is 321 g/mol. The maximum Gasteiger partial charge on any atom is 0.271 e. The van der Waals surface area contributed by atoms with Crippen LogP contribution in [0.5, 0.6) is 0 Å². The van der Waals surface area contributed by atoms with E-state index in [1.54, 1.807) is 24.4 Å². The standard InChI is InChI=1S/C19H18FN3O2/c1-13-4-2-3-5-16(13)18(24)12-21-19(25)17-10-11-23(22-17)15-8-6-14(20)7-9-15/h2-11,18,24H,12H2,1H3,(H,21,25). The molecule has 0 fully saturated rings. The van der Waals surface area contributed by atoms with Crippen molar-refractivity contribution in [2.24, 2.45) is 0 Å². The number of aromatic nitrogens is 2. The number of aliphatic hydroxyl groups excluding tert-OH is 1. The lowest BCUT2D eigenvalue weighted by Crippen LogP contribution is -2.29. The first-order valence-electron chi connectivity index (χ1n) is 7.88. The van der Waals surface area contributed by atoms with Gasteiger partial charge in [-0.1, -0.05) is 24.3 Å². The molecule has 1 amide bonds. The number of aryl methyl sites for hydroxylation is 1. The number of aliphatic hydroxyl groups is 1. The molecule has 0 aliphatic carbocycles. The molecule has 1 unspecified atom stereocenters. The number of halogens is 1. The summed E-state index contributed by atoms with van der Waals surface area (Å²) in [5.74, 6) is -0.715. The number of nitrogens with one attached hydrogen (secondary N) is 1. The Labute approximate surface area is 144 Å². The van der Waals surface area contributed by atoms with Crippen molar-refractivity contribution < 1.29 is 14.3 Å². The van der Waals surface area contributed by atoms with E-state index in [1.165, 1.54) is 16.8 Å². The van der Waals surface area contributed by atoms with Crippen LogP contribution in [0.3, 0.4) is 0 Å². The summed E-state index contributed by atoms with van der Waals surface area (Å²) in [5.41, 5.74) is 2.62. The average Bonchev–Trinajstić information content (AvgIpc) is 3.10. The Bertz CT molecular complexity index is 874. The monoisotopic (exact) mass is 339 g/mol. The molecule has 0 bridgehead atoms. The first-order valence-corrected chi connectivity index (χ1v) is 7.88. The van der Waals surface area contributed by atoms with E-state index >= 15 is 0 Å². The van der Waals surface area contributed by atoms with Gasteiger partial charge in [-0.15, -0.1) is 0 Å². The van der Waals surface area contributed by atoms with Crippen LogP contribution in [-0.4, -0.2) is 27.3 Å². The number of hydrogen-bond acceptors (Lipinski definition) is 3. The minimum Gasteiger partial charge on any atom is -0.387 e. The molecule has 2 aromatic carbocycles. The van der Waals surface area contributed by atoms with Crippen LogP contribution < -0.4 is 5.32 Å². The van der Waals surface area contributed by atoms with Crippen molar-refractivity contribution >= 4 is 5.91 Å². The molecule has 0 aliphatic heterocycles. The first kappa shape index (κ1) is 16.9. The zero-order chi connectivity index (χ0) is 17.8. The molecule has 3 aromatic rings. The van der Waals surface area contributed by atoms with Crippen molar-refractivity contribution in [1.29, 1.82) is 0 Å². The van der Waals surface area contributed by atoms with Crippen molar-refractivity contribution in [3.05, 3.63) is 83.4 Å². The highest BCUT2D eigenvalue weighted by molar-refractivity contribution is 5.92. The summed E-state index contributed by atoms with van der Waals surface area (Å²) in [6.45, 7) is 2.00. The minimum atomic E-state index is -0.788. The zero-order valence-corrected chi connectivity index (χ0v) is 13.7. The Morgan fingerprint density at radius 1 is 1.20 bits per heavy atom. The molecule has 1 heterocycles. The lowest BCUT2D eigenvalue weighted by molar-refractivity contribution is 0.0910. The summed E-state index contributed by atoms with van der Waals surface area (Å²) in [4.78, 5) is 12.2. The summed E-state index contributed by atoms with van der Waals surface area (Å²) in [7, 11) is 0. The highest BCUT2D eigenvalue weighted by Crippen LogP contribution is 2.16. The maximum absolute atomic E-state index is 13.0. The summed E-state index contributed by atoms with van der Waals surface area (Å²) in [6.07, 6.45) is 0.837. The van der Waals surface area contributed by atoms with Gasteiger partial charge in [0.1, 0.15) is 5.82 Å². The van der Waals surface area contributed by atoms with Crippen LogP contribution in [0.2, 0.25) is 0 Å². The van der Waals surface area contributed by atoms with Gasteiger partial charge in [0.2, 0.25) is 0 Å². The van der Waals surface area contributed by atoms with Gasteiger partial charge in [0.25, 0.3) is 5.91 Å². The van der Waals surface area contributed by atoms with Crippen LogP contribution in [0.15, 0.2) is 60.8 Å². The van der Waals surface area contributed by atoms with Gasteiger partial charge < -0.3 is 10.4 Å². The van der Waals surface area contributed by atoms with Crippen molar-refractivity contribution in [2.75, 3.05) is 6.54 Å². The summed E-state index contributed by atoms with van der Waals surface area (Å²) >= 11 is 0. The Hall–Kier alpha value is -2.99. The van der Waals surface area contributed by atoms with E-state index in [1.807, 2.05) is 31.2 Å². The number of benzene rings is 2. The van der Waals surface area contributed by atoms with Crippen molar-refractivity contribution in [1.82, 2.24) is 15.1 Å². The molecular formula is C19H18FN3O2. The zero-order valence-electron chi connectivity index (χ0n) is 13.7. The van der Waals surface area contributed by atoms with E-state index in [0.717, 1.165) is 11.1 Å². The van der Waals surface area contributed by atoms with E-state index in [2.05, 4.69) is 10.4 Å². The van der Waals surface area contributed by atoms with Crippen LogP contribution >= 0.6 is 0 Å². The molecule has 25 heavy (non-hydrogen) atoms. The second-order valence-corrected chi connectivity index (χ2v) is 5.70. The predicted molar refractivity (Wildman–Crippen MR) is 92.0 cm³/mol. The van der Waals surface area contributed by atoms with Crippen LogP contribution in [0.1, 0.15) is 27.7 Å². The predicted octanol–water partition coefficient (Wildman–Crippen LogP) is 2.78. The van der Waals surface area contributed by atoms with Crippen molar-refractivity contribution in [3.63, 3.8) is 0 Å². The van der Waals surface area contributed by atoms with Gasteiger partial charge in [0.15, 0.2) is 5.69 Å². The maximum atomic E-state index is 13.0. The topological polar surface area (TPSA) is 67.2 Å². The molecule has 128 valence electrons. The van der Waals surface area contributed by atoms with Gasteiger partial charge >= 0.3 is 0 Å². The third-order valence-corrected chi connectivity index (χ3v) is 3.92. The van der Waals surface area contributed by atoms with Gasteiger partial charge in [-0.25, -0.2) is 9.07 Å². The Kier molecular flexibility index (Phi) is 4.90. The van der Waals surface area contributed by atoms with E-state index < -0.39 is 6.10 Å². The van der Waals surface area contributed by atoms with E-state index in [4.69, 9.17) is 0 Å². The van der Waals surface area contributed by atoms with Crippen LogP contribution in [0, 0.1) is 12.7 Å². The smallest absolute Gasteiger partial charge is 0.271 e. The fourth-order valence-electron chi connectivity index (χ4n) is 2.53. The van der Waals surface area contributed by atoms with Crippen LogP contribution in [0.25, 0.3) is 5.69 Å². The first-order chi connectivity index (χ1) is 12.0. The van der Waals surface area contributed by atoms with Gasteiger partial charge in [0.05, 0.1) is 11.8 Å². The van der Waals surface area contributed by atoms with Gasteiger partial charge in [-0.2, -0.15) is 5.10 Å². The van der Waals surface area contributed by atoms with Crippen molar-refractivity contribution in [3.8, 4) is 5.69 Å². The minimum absolute atomic E-state index is 0.0904. The molecule has 0 saturated heterocycles. The normalized spacial score (nSPS) is 12.0. The molecule has 1 aromatic heterocycles. The fraction of sp³-hybridized carbons (Fsp3) is 0.158. The van der Waals surface area contributed by atoms with E-state index in [9.17, 15) is 14.3 Å². The number of rotatable bonds is 5. The largest absolute Gasteiger partial charge is 0.387 e. The third-order valence-electron chi connectivity index (χ3n) is 3.92. The highest BCUT2D eigenvalue weighted by atomic mass is 19.1. The second-order valence-electron chi connectivity index (χ2n) is 5.70. The number of nitrogens with zero attached hydrogens (tertiary/aromatic N) is 2.